The van der Waals surface area contributed by atoms with Crippen LogP contribution < -0.4 is 0 Å². The largest absolute Gasteiger partial charge is 0.256 e. The van der Waals surface area contributed by atoms with Crippen LogP contribution in [0.25, 0.3) is 22.2 Å². The molecule has 0 spiro atoms. The van der Waals surface area contributed by atoms with Crippen LogP contribution >= 0.6 is 15.9 Å². The molecule has 0 saturated heterocycles. The first-order valence-corrected chi connectivity index (χ1v) is 7.48. The highest BCUT2D eigenvalue weighted by molar-refractivity contribution is 9.10. The van der Waals surface area contributed by atoms with Crippen LogP contribution in [0.15, 0.2) is 47.2 Å². The number of para-hydroxylation sites is 1. The standard InChI is InChI=1S/C16H12BrN3/c17-15-8-14(19-16(20-15)10-5-6-10)12-7-11-3-1-2-4-13(11)18-9-12/h1-4,7-10H,5-6H2. The van der Waals surface area contributed by atoms with Gasteiger partial charge in [-0.15, -0.1) is 0 Å². The van der Waals surface area contributed by atoms with Crippen LogP contribution in [0.2, 0.25) is 0 Å². The zero-order valence-corrected chi connectivity index (χ0v) is 12.3. The average molecular weight is 326 g/mol. The number of nitrogens with zero attached hydrogens (tertiary/aromatic N) is 3. The number of fused-ring (bicyclic) bond motifs is 1. The third-order valence-electron chi connectivity index (χ3n) is 3.54. The molecule has 2 aromatic heterocycles. The Kier molecular flexibility index (Phi) is 2.77. The molecule has 98 valence electrons. The Morgan fingerprint density at radius 3 is 2.75 bits per heavy atom. The molecular formula is C16H12BrN3. The van der Waals surface area contributed by atoms with Gasteiger partial charge in [0.25, 0.3) is 0 Å². The van der Waals surface area contributed by atoms with Crippen LogP contribution in [-0.4, -0.2) is 15.0 Å². The van der Waals surface area contributed by atoms with Gasteiger partial charge >= 0.3 is 0 Å². The lowest BCUT2D eigenvalue weighted by Gasteiger charge is -2.05. The summed E-state index contributed by atoms with van der Waals surface area (Å²) in [5.74, 6) is 1.49. The van der Waals surface area contributed by atoms with Crippen molar-refractivity contribution in [3.05, 3.63) is 53.0 Å². The Labute approximate surface area is 125 Å². The van der Waals surface area contributed by atoms with Gasteiger partial charge in [0.1, 0.15) is 10.4 Å². The molecule has 1 fully saturated rings. The maximum absolute atomic E-state index is 4.69. The minimum atomic E-state index is 0.541. The second-order valence-electron chi connectivity index (χ2n) is 5.13. The molecule has 0 aliphatic heterocycles. The van der Waals surface area contributed by atoms with Crippen molar-refractivity contribution in [2.45, 2.75) is 18.8 Å². The summed E-state index contributed by atoms with van der Waals surface area (Å²) in [5, 5.41) is 1.13. The number of hydrogen-bond acceptors (Lipinski definition) is 3. The zero-order chi connectivity index (χ0) is 13.5. The quantitative estimate of drug-likeness (QED) is 0.658. The predicted octanol–water partition coefficient (Wildman–Crippen LogP) is 4.33. The smallest absolute Gasteiger partial charge is 0.133 e. The topological polar surface area (TPSA) is 38.7 Å². The third kappa shape index (κ3) is 2.20. The summed E-state index contributed by atoms with van der Waals surface area (Å²) < 4.78 is 0.845. The number of aromatic nitrogens is 3. The summed E-state index contributed by atoms with van der Waals surface area (Å²) in [6.07, 6.45) is 4.28. The van der Waals surface area contributed by atoms with E-state index in [9.17, 15) is 0 Å². The van der Waals surface area contributed by atoms with Crippen molar-refractivity contribution in [1.29, 1.82) is 0 Å². The lowest BCUT2D eigenvalue weighted by Crippen LogP contribution is -1.96. The molecule has 4 rings (SSSR count). The summed E-state index contributed by atoms with van der Waals surface area (Å²) >= 11 is 3.48. The molecule has 0 N–H and O–H groups in total. The number of halogens is 1. The van der Waals surface area contributed by atoms with E-state index in [2.05, 4.69) is 38.0 Å². The van der Waals surface area contributed by atoms with Gasteiger partial charge in [-0.05, 0) is 47.0 Å². The third-order valence-corrected chi connectivity index (χ3v) is 3.95. The number of rotatable bonds is 2. The fourth-order valence-corrected chi connectivity index (χ4v) is 2.72. The minimum Gasteiger partial charge on any atom is -0.256 e. The Bertz CT molecular complexity index is 797. The highest BCUT2D eigenvalue weighted by Gasteiger charge is 2.27. The number of benzene rings is 1. The Balaban J connectivity index is 1.85. The van der Waals surface area contributed by atoms with E-state index >= 15 is 0 Å². The molecule has 0 unspecified atom stereocenters. The number of hydrogen-bond donors (Lipinski definition) is 0. The van der Waals surface area contributed by atoms with Gasteiger partial charge in [0.15, 0.2) is 0 Å². The Hall–Kier alpha value is -1.81. The van der Waals surface area contributed by atoms with Crippen molar-refractivity contribution in [1.82, 2.24) is 15.0 Å². The zero-order valence-electron chi connectivity index (χ0n) is 10.8. The van der Waals surface area contributed by atoms with Gasteiger partial charge < -0.3 is 0 Å². The summed E-state index contributed by atoms with van der Waals surface area (Å²) in [6, 6.07) is 12.2. The molecule has 1 saturated carbocycles. The molecule has 1 aliphatic rings. The van der Waals surface area contributed by atoms with Gasteiger partial charge in [0, 0.05) is 23.1 Å². The van der Waals surface area contributed by atoms with Crippen molar-refractivity contribution in [2.75, 3.05) is 0 Å². The van der Waals surface area contributed by atoms with Crippen molar-refractivity contribution in [3.63, 3.8) is 0 Å². The van der Waals surface area contributed by atoms with E-state index < -0.39 is 0 Å². The average Bonchev–Trinajstić information content (AvgIpc) is 3.31. The van der Waals surface area contributed by atoms with Gasteiger partial charge in [-0.3, -0.25) is 4.98 Å². The van der Waals surface area contributed by atoms with Gasteiger partial charge in [0.2, 0.25) is 0 Å². The van der Waals surface area contributed by atoms with Crippen molar-refractivity contribution >= 4 is 26.8 Å². The molecule has 2 heterocycles. The van der Waals surface area contributed by atoms with Crippen molar-refractivity contribution < 1.29 is 0 Å². The van der Waals surface area contributed by atoms with E-state index in [0.29, 0.717) is 5.92 Å². The van der Waals surface area contributed by atoms with E-state index in [4.69, 9.17) is 4.98 Å². The molecule has 1 aromatic carbocycles. The molecule has 0 radical (unpaired) electrons. The van der Waals surface area contributed by atoms with Gasteiger partial charge in [-0.25, -0.2) is 9.97 Å². The molecule has 3 nitrogen and oxygen atoms in total. The van der Waals surface area contributed by atoms with Crippen LogP contribution in [0.5, 0.6) is 0 Å². The summed E-state index contributed by atoms with van der Waals surface area (Å²) in [4.78, 5) is 13.7. The van der Waals surface area contributed by atoms with Crippen molar-refractivity contribution in [2.24, 2.45) is 0 Å². The molecule has 4 heteroatoms. The molecule has 0 atom stereocenters. The second kappa shape index (κ2) is 4.63. The van der Waals surface area contributed by atoms with E-state index in [1.807, 2.05) is 30.5 Å². The van der Waals surface area contributed by atoms with Crippen LogP contribution in [0.1, 0.15) is 24.6 Å². The van der Waals surface area contributed by atoms with Crippen LogP contribution in [0.4, 0.5) is 0 Å². The second-order valence-corrected chi connectivity index (χ2v) is 5.94. The maximum atomic E-state index is 4.69. The van der Waals surface area contributed by atoms with Crippen LogP contribution in [-0.2, 0) is 0 Å². The lowest BCUT2D eigenvalue weighted by molar-refractivity contribution is 0.919. The fourth-order valence-electron chi connectivity index (χ4n) is 2.32. The summed E-state index contributed by atoms with van der Waals surface area (Å²) in [5.41, 5.74) is 2.98. The highest BCUT2D eigenvalue weighted by Crippen LogP contribution is 2.39. The minimum absolute atomic E-state index is 0.541. The molecule has 1 aliphatic carbocycles. The molecular weight excluding hydrogens is 314 g/mol. The summed E-state index contributed by atoms with van der Waals surface area (Å²) in [7, 11) is 0. The predicted molar refractivity (Wildman–Crippen MR) is 82.4 cm³/mol. The first kappa shape index (κ1) is 12.0. The van der Waals surface area contributed by atoms with E-state index in [1.54, 1.807) is 0 Å². The first-order chi connectivity index (χ1) is 9.79. The summed E-state index contributed by atoms with van der Waals surface area (Å²) in [6.45, 7) is 0. The van der Waals surface area contributed by atoms with Crippen molar-refractivity contribution in [3.8, 4) is 11.3 Å². The van der Waals surface area contributed by atoms with E-state index in [1.165, 1.54) is 12.8 Å². The van der Waals surface area contributed by atoms with Crippen LogP contribution in [0, 0.1) is 0 Å². The fraction of sp³-hybridized carbons (Fsp3) is 0.188. The van der Waals surface area contributed by atoms with Gasteiger partial charge in [-0.1, -0.05) is 18.2 Å². The Morgan fingerprint density at radius 1 is 1.05 bits per heavy atom. The lowest BCUT2D eigenvalue weighted by atomic mass is 10.1. The van der Waals surface area contributed by atoms with Gasteiger partial charge in [-0.2, -0.15) is 0 Å². The SMILES string of the molecule is Brc1cc(-c2cnc3ccccc3c2)nc(C2CC2)n1. The molecule has 20 heavy (non-hydrogen) atoms. The number of pyridine rings is 1. The van der Waals surface area contributed by atoms with E-state index in [0.717, 1.165) is 32.6 Å². The highest BCUT2D eigenvalue weighted by atomic mass is 79.9. The molecule has 3 aromatic rings. The maximum Gasteiger partial charge on any atom is 0.133 e. The molecule has 0 amide bonds. The normalized spacial score (nSPS) is 14.7. The first-order valence-electron chi connectivity index (χ1n) is 6.69. The van der Waals surface area contributed by atoms with E-state index in [-0.39, 0.29) is 0 Å². The Morgan fingerprint density at radius 2 is 1.90 bits per heavy atom. The molecule has 0 bridgehead atoms. The van der Waals surface area contributed by atoms with Gasteiger partial charge in [0.05, 0.1) is 11.2 Å². The van der Waals surface area contributed by atoms with Crippen LogP contribution in [0.3, 0.4) is 0 Å². The monoisotopic (exact) mass is 325 g/mol.